The molecule has 1 heterocycles. The van der Waals surface area contributed by atoms with Gasteiger partial charge in [-0.1, -0.05) is 28.4 Å². The summed E-state index contributed by atoms with van der Waals surface area (Å²) in [7, 11) is 0. The van der Waals surface area contributed by atoms with E-state index in [1.807, 2.05) is 0 Å². The van der Waals surface area contributed by atoms with E-state index in [1.165, 1.54) is 24.4 Å². The first kappa shape index (κ1) is 14.2. The highest BCUT2D eigenvalue weighted by molar-refractivity contribution is 6.35. The molecule has 1 aromatic carbocycles. The summed E-state index contributed by atoms with van der Waals surface area (Å²) in [6.07, 6.45) is 1.32. The van der Waals surface area contributed by atoms with Gasteiger partial charge in [-0.2, -0.15) is 5.10 Å². The molecular formula is C11H9Cl2N5O2. The van der Waals surface area contributed by atoms with Gasteiger partial charge in [-0.15, -0.1) is 0 Å². The van der Waals surface area contributed by atoms with Crippen LogP contribution < -0.4 is 11.1 Å². The van der Waals surface area contributed by atoms with Gasteiger partial charge in [0.2, 0.25) is 0 Å². The van der Waals surface area contributed by atoms with Gasteiger partial charge in [-0.05, 0) is 18.2 Å². The molecule has 0 aliphatic heterocycles. The van der Waals surface area contributed by atoms with Crippen molar-refractivity contribution in [1.82, 2.24) is 10.2 Å². The molecule has 0 spiro atoms. The third-order valence-electron chi connectivity index (χ3n) is 2.39. The van der Waals surface area contributed by atoms with Crippen LogP contribution in [0.25, 0.3) is 0 Å². The molecule has 9 heteroatoms. The molecule has 0 atom stereocenters. The molecule has 0 aliphatic carbocycles. The van der Waals surface area contributed by atoms with Gasteiger partial charge >= 0.3 is 0 Å². The number of nitrogens with two attached hydrogens (primary N) is 1. The Hall–Kier alpha value is -2.25. The number of rotatable bonds is 3. The lowest BCUT2D eigenvalue weighted by Crippen LogP contribution is -2.18. The number of anilines is 1. The molecule has 2 rings (SSSR count). The van der Waals surface area contributed by atoms with Crippen molar-refractivity contribution >= 4 is 40.8 Å². The molecule has 0 unspecified atom stereocenters. The number of amides is 1. The van der Waals surface area contributed by atoms with Crippen LogP contribution in [0.2, 0.25) is 10.0 Å². The second kappa shape index (κ2) is 5.81. The predicted molar refractivity (Wildman–Crippen MR) is 75.5 cm³/mol. The smallest absolute Gasteiger partial charge is 0.256 e. The molecule has 2 aromatic rings. The molecule has 0 bridgehead atoms. The Morgan fingerprint density at radius 3 is 2.60 bits per heavy atom. The maximum Gasteiger partial charge on any atom is 0.256 e. The quantitative estimate of drug-likeness (QED) is 0.300. The van der Waals surface area contributed by atoms with Crippen molar-refractivity contribution in [2.75, 3.05) is 5.32 Å². The van der Waals surface area contributed by atoms with Gasteiger partial charge in [0, 0.05) is 15.6 Å². The Balaban J connectivity index is 2.26. The summed E-state index contributed by atoms with van der Waals surface area (Å²) >= 11 is 11.6. The van der Waals surface area contributed by atoms with Crippen molar-refractivity contribution in [3.8, 4) is 0 Å². The molecule has 0 fully saturated rings. The van der Waals surface area contributed by atoms with Gasteiger partial charge in [0.25, 0.3) is 5.91 Å². The summed E-state index contributed by atoms with van der Waals surface area (Å²) in [6, 6.07) is 4.43. The largest absolute Gasteiger partial charge is 0.409 e. The van der Waals surface area contributed by atoms with E-state index in [4.69, 9.17) is 34.1 Å². The first-order valence-corrected chi connectivity index (χ1v) is 6.05. The van der Waals surface area contributed by atoms with Gasteiger partial charge in [-0.25, -0.2) is 0 Å². The van der Waals surface area contributed by atoms with Gasteiger partial charge in [0.1, 0.15) is 5.82 Å². The van der Waals surface area contributed by atoms with Crippen LogP contribution in [0.4, 0.5) is 5.82 Å². The second-order valence-electron chi connectivity index (χ2n) is 3.76. The van der Waals surface area contributed by atoms with E-state index in [-0.39, 0.29) is 22.8 Å². The van der Waals surface area contributed by atoms with Crippen molar-refractivity contribution in [3.05, 3.63) is 45.6 Å². The number of nitrogens with zero attached hydrogens (tertiary/aromatic N) is 2. The highest BCUT2D eigenvalue weighted by Gasteiger charge is 2.14. The van der Waals surface area contributed by atoms with Crippen molar-refractivity contribution in [3.63, 3.8) is 0 Å². The van der Waals surface area contributed by atoms with E-state index in [2.05, 4.69) is 20.7 Å². The molecule has 0 aliphatic rings. The minimum absolute atomic E-state index is 0.182. The van der Waals surface area contributed by atoms with Crippen LogP contribution in [0.3, 0.4) is 0 Å². The number of benzene rings is 1. The van der Waals surface area contributed by atoms with E-state index in [1.54, 1.807) is 0 Å². The number of aromatic amines is 1. The van der Waals surface area contributed by atoms with Crippen molar-refractivity contribution in [1.29, 1.82) is 0 Å². The molecule has 1 amide bonds. The molecule has 7 nitrogen and oxygen atoms in total. The van der Waals surface area contributed by atoms with Crippen molar-refractivity contribution in [2.45, 2.75) is 0 Å². The van der Waals surface area contributed by atoms with Crippen LogP contribution in [0, 0.1) is 0 Å². The number of halogens is 2. The van der Waals surface area contributed by atoms with Crippen LogP contribution in [0.15, 0.2) is 29.6 Å². The second-order valence-corrected chi connectivity index (χ2v) is 4.63. The summed E-state index contributed by atoms with van der Waals surface area (Å²) in [5.41, 5.74) is 5.97. The maximum absolute atomic E-state index is 12.1. The first-order chi connectivity index (χ1) is 9.51. The zero-order valence-electron chi connectivity index (χ0n) is 9.89. The van der Waals surface area contributed by atoms with Crippen LogP contribution in [-0.4, -0.2) is 27.1 Å². The van der Waals surface area contributed by atoms with E-state index in [0.29, 0.717) is 10.0 Å². The summed E-state index contributed by atoms with van der Waals surface area (Å²) in [6.45, 7) is 0. The fraction of sp³-hybridized carbons (Fsp3) is 0. The summed E-state index contributed by atoms with van der Waals surface area (Å²) in [4.78, 5) is 12.1. The van der Waals surface area contributed by atoms with Crippen LogP contribution in [0.1, 0.15) is 15.9 Å². The third kappa shape index (κ3) is 3.01. The minimum atomic E-state index is -0.467. The number of nitrogens with one attached hydrogen (secondary N) is 2. The Morgan fingerprint density at radius 1 is 1.35 bits per heavy atom. The van der Waals surface area contributed by atoms with Gasteiger partial charge in [0.05, 0.1) is 11.8 Å². The molecular weight excluding hydrogens is 305 g/mol. The lowest BCUT2D eigenvalue weighted by Gasteiger charge is -2.06. The average molecular weight is 314 g/mol. The number of carbonyl (C=O) groups is 1. The fourth-order valence-corrected chi connectivity index (χ4v) is 2.03. The van der Waals surface area contributed by atoms with E-state index >= 15 is 0 Å². The monoisotopic (exact) mass is 313 g/mol. The standard InChI is InChI=1S/C11H9Cl2N5O2/c12-6-1-5(2-7(13)3-6)11(19)16-10-8(4-15-17-10)9(14)18-20/h1-4,20H,(H2,14,18)(H2,15,16,17,19). The highest BCUT2D eigenvalue weighted by atomic mass is 35.5. The highest BCUT2D eigenvalue weighted by Crippen LogP contribution is 2.20. The Kier molecular flexibility index (Phi) is 4.11. The van der Waals surface area contributed by atoms with Crippen LogP contribution >= 0.6 is 23.2 Å². The Bertz CT molecular complexity index is 663. The van der Waals surface area contributed by atoms with Crippen molar-refractivity contribution < 1.29 is 10.0 Å². The van der Waals surface area contributed by atoms with Gasteiger partial charge in [0.15, 0.2) is 5.84 Å². The summed E-state index contributed by atoms with van der Waals surface area (Å²) in [5.74, 6) is -0.454. The number of amidine groups is 1. The van der Waals surface area contributed by atoms with E-state index < -0.39 is 5.91 Å². The number of hydrogen-bond donors (Lipinski definition) is 4. The molecule has 0 saturated carbocycles. The maximum atomic E-state index is 12.1. The van der Waals surface area contributed by atoms with E-state index in [0.717, 1.165) is 0 Å². The number of oxime groups is 1. The molecule has 0 radical (unpaired) electrons. The zero-order chi connectivity index (χ0) is 14.7. The Morgan fingerprint density at radius 2 is 2.00 bits per heavy atom. The number of hydrogen-bond acceptors (Lipinski definition) is 4. The first-order valence-electron chi connectivity index (χ1n) is 5.30. The lowest BCUT2D eigenvalue weighted by molar-refractivity contribution is 0.102. The normalized spacial score (nSPS) is 11.4. The fourth-order valence-electron chi connectivity index (χ4n) is 1.50. The summed E-state index contributed by atoms with van der Waals surface area (Å²) < 4.78 is 0. The lowest BCUT2D eigenvalue weighted by atomic mass is 10.2. The predicted octanol–water partition coefficient (Wildman–Crippen LogP) is 2.06. The van der Waals surface area contributed by atoms with Gasteiger partial charge < -0.3 is 16.3 Å². The SMILES string of the molecule is NC(=NO)c1cn[nH]c1NC(=O)c1cc(Cl)cc(Cl)c1. The van der Waals surface area contributed by atoms with E-state index in [9.17, 15) is 4.79 Å². The van der Waals surface area contributed by atoms with Gasteiger partial charge in [-0.3, -0.25) is 9.89 Å². The molecule has 20 heavy (non-hydrogen) atoms. The number of carbonyl (C=O) groups excluding carboxylic acids is 1. The topological polar surface area (TPSA) is 116 Å². The third-order valence-corrected chi connectivity index (χ3v) is 2.82. The average Bonchev–Trinajstić information content (AvgIpc) is 2.84. The van der Waals surface area contributed by atoms with Crippen LogP contribution in [0.5, 0.6) is 0 Å². The Labute approximate surface area is 123 Å². The molecule has 0 saturated heterocycles. The summed E-state index contributed by atoms with van der Waals surface area (Å²) in [5, 5.41) is 20.9. The molecule has 104 valence electrons. The molecule has 1 aromatic heterocycles. The molecule has 5 N–H and O–H groups in total. The van der Waals surface area contributed by atoms with Crippen LogP contribution in [-0.2, 0) is 0 Å². The number of H-pyrrole nitrogens is 1. The zero-order valence-corrected chi connectivity index (χ0v) is 11.4. The van der Waals surface area contributed by atoms with Crippen molar-refractivity contribution in [2.24, 2.45) is 10.9 Å². The minimum Gasteiger partial charge on any atom is -0.409 e. The number of aromatic nitrogens is 2.